The number of hydrogen-bond acceptors (Lipinski definition) is 5. The smallest absolute Gasteiger partial charge is 0.225 e. The van der Waals surface area contributed by atoms with Crippen LogP contribution < -0.4 is 5.32 Å². The Balaban J connectivity index is 1.80. The lowest BCUT2D eigenvalue weighted by atomic mass is 10.1. The van der Waals surface area contributed by atoms with Crippen molar-refractivity contribution in [3.8, 4) is 11.5 Å². The van der Waals surface area contributed by atoms with Gasteiger partial charge in [0.05, 0.1) is 23.0 Å². The van der Waals surface area contributed by atoms with Crippen LogP contribution in [-0.4, -0.2) is 35.4 Å². The van der Waals surface area contributed by atoms with Crippen LogP contribution in [-0.2, 0) is 4.79 Å². The van der Waals surface area contributed by atoms with E-state index >= 15 is 0 Å². The van der Waals surface area contributed by atoms with Crippen molar-refractivity contribution in [1.29, 1.82) is 0 Å². The highest BCUT2D eigenvalue weighted by molar-refractivity contribution is 5.91. The molecular formula is C22H25N7O. The van der Waals surface area contributed by atoms with Crippen LogP contribution in [0.4, 0.5) is 5.82 Å². The number of fused-ring (bicyclic) bond motifs is 1. The van der Waals surface area contributed by atoms with Crippen LogP contribution in [0.15, 0.2) is 36.8 Å². The van der Waals surface area contributed by atoms with Gasteiger partial charge in [0.15, 0.2) is 11.5 Å². The van der Waals surface area contributed by atoms with Crippen molar-refractivity contribution in [1.82, 2.24) is 29.5 Å². The van der Waals surface area contributed by atoms with E-state index in [1.165, 1.54) is 11.9 Å². The zero-order chi connectivity index (χ0) is 21.4. The molecule has 1 amide bonds. The average Bonchev–Trinajstić information content (AvgIpc) is 3.24. The molecule has 30 heavy (non-hydrogen) atoms. The second-order valence-electron chi connectivity index (χ2n) is 8.01. The molecule has 8 nitrogen and oxygen atoms in total. The van der Waals surface area contributed by atoms with Gasteiger partial charge in [-0.05, 0) is 38.3 Å². The maximum atomic E-state index is 12.3. The molecule has 154 valence electrons. The Morgan fingerprint density at radius 2 is 1.90 bits per heavy atom. The third kappa shape index (κ3) is 3.68. The first-order valence-corrected chi connectivity index (χ1v) is 9.96. The number of carbonyl (C=O) groups excluding carboxylic acids is 1. The minimum atomic E-state index is -0.0533. The molecular weight excluding hydrogens is 378 g/mol. The Morgan fingerprint density at radius 3 is 2.63 bits per heavy atom. The van der Waals surface area contributed by atoms with Crippen molar-refractivity contribution in [2.45, 2.75) is 41.0 Å². The van der Waals surface area contributed by atoms with Gasteiger partial charge in [0.1, 0.15) is 12.1 Å². The van der Waals surface area contributed by atoms with Crippen molar-refractivity contribution in [2.75, 3.05) is 5.32 Å². The zero-order valence-corrected chi connectivity index (χ0v) is 17.8. The van der Waals surface area contributed by atoms with Gasteiger partial charge in [0.25, 0.3) is 0 Å². The van der Waals surface area contributed by atoms with Gasteiger partial charge >= 0.3 is 0 Å². The molecule has 1 aromatic carbocycles. The maximum absolute atomic E-state index is 12.3. The number of benzene rings is 1. The van der Waals surface area contributed by atoms with E-state index in [1.54, 1.807) is 10.9 Å². The molecule has 0 aliphatic carbocycles. The first kappa shape index (κ1) is 19.8. The molecule has 0 saturated heterocycles. The normalized spacial score (nSPS) is 11.4. The predicted molar refractivity (Wildman–Crippen MR) is 116 cm³/mol. The fourth-order valence-corrected chi connectivity index (χ4v) is 3.53. The average molecular weight is 403 g/mol. The van der Waals surface area contributed by atoms with Crippen LogP contribution in [0.25, 0.3) is 22.5 Å². The number of nitrogens with one attached hydrogen (secondary N) is 1. The van der Waals surface area contributed by atoms with Crippen LogP contribution in [0.5, 0.6) is 0 Å². The van der Waals surface area contributed by atoms with Gasteiger partial charge in [0.2, 0.25) is 5.91 Å². The van der Waals surface area contributed by atoms with E-state index in [9.17, 15) is 4.79 Å². The summed E-state index contributed by atoms with van der Waals surface area (Å²) in [6.45, 7) is 10.0. The minimum Gasteiger partial charge on any atom is -0.311 e. The van der Waals surface area contributed by atoms with E-state index in [-0.39, 0.29) is 11.8 Å². The number of amides is 1. The van der Waals surface area contributed by atoms with E-state index in [0.29, 0.717) is 23.7 Å². The number of aryl methyl sites for hydroxylation is 3. The van der Waals surface area contributed by atoms with Gasteiger partial charge in [-0.25, -0.2) is 14.6 Å². The molecule has 0 bridgehead atoms. The monoisotopic (exact) mass is 403 g/mol. The fraction of sp³-hybridized carbons (Fsp3) is 0.318. The zero-order valence-electron chi connectivity index (χ0n) is 17.8. The highest BCUT2D eigenvalue weighted by Crippen LogP contribution is 2.25. The second kappa shape index (κ2) is 7.70. The molecule has 8 heteroatoms. The molecule has 0 atom stereocenters. The summed E-state index contributed by atoms with van der Waals surface area (Å²) in [4.78, 5) is 21.2. The van der Waals surface area contributed by atoms with Crippen LogP contribution in [0.3, 0.4) is 0 Å². The molecule has 4 aromatic rings. The second-order valence-corrected chi connectivity index (χ2v) is 8.01. The van der Waals surface area contributed by atoms with Crippen molar-refractivity contribution < 1.29 is 4.79 Å². The predicted octanol–water partition coefficient (Wildman–Crippen LogP) is 3.91. The lowest BCUT2D eigenvalue weighted by Gasteiger charge is -2.10. The summed E-state index contributed by atoms with van der Waals surface area (Å²) in [5.41, 5.74) is 4.72. The van der Waals surface area contributed by atoms with E-state index in [1.807, 2.05) is 37.6 Å². The summed E-state index contributed by atoms with van der Waals surface area (Å²) >= 11 is 0. The Hall–Kier alpha value is -3.55. The Morgan fingerprint density at radius 1 is 1.10 bits per heavy atom. The number of aromatic nitrogens is 6. The summed E-state index contributed by atoms with van der Waals surface area (Å²) in [6.07, 6.45) is 3.67. The molecule has 1 N–H and O–H groups in total. The molecule has 0 saturated carbocycles. The topological polar surface area (TPSA) is 90.5 Å². The molecule has 0 aliphatic rings. The third-order valence-electron chi connectivity index (χ3n) is 4.82. The summed E-state index contributed by atoms with van der Waals surface area (Å²) in [5.74, 6) is 1.37. The Bertz CT molecular complexity index is 1240. The quantitative estimate of drug-likeness (QED) is 0.546. The van der Waals surface area contributed by atoms with Crippen molar-refractivity contribution in [3.05, 3.63) is 53.6 Å². The van der Waals surface area contributed by atoms with Crippen LogP contribution in [0.2, 0.25) is 0 Å². The molecule has 3 aromatic heterocycles. The molecule has 0 fully saturated rings. The summed E-state index contributed by atoms with van der Waals surface area (Å²) in [5, 5.41) is 12.8. The SMILES string of the molecule is Cc1ccc(-n2ncc3c(-n4nc(C)cc4NC(=O)CC(C)C)ncnc32)c(C)c1. The first-order chi connectivity index (χ1) is 14.3. The maximum Gasteiger partial charge on any atom is 0.225 e. The number of nitrogens with zero attached hydrogens (tertiary/aromatic N) is 6. The number of rotatable bonds is 5. The summed E-state index contributed by atoms with van der Waals surface area (Å²) < 4.78 is 3.45. The van der Waals surface area contributed by atoms with E-state index in [4.69, 9.17) is 0 Å². The Kier molecular flexibility index (Phi) is 5.07. The molecule has 0 aliphatic heterocycles. The van der Waals surface area contributed by atoms with Crippen molar-refractivity contribution in [3.63, 3.8) is 0 Å². The largest absolute Gasteiger partial charge is 0.311 e. The van der Waals surface area contributed by atoms with Gasteiger partial charge < -0.3 is 5.32 Å². The van der Waals surface area contributed by atoms with Crippen LogP contribution >= 0.6 is 0 Å². The minimum absolute atomic E-state index is 0.0533. The standard InChI is InChI=1S/C22H25N7O/c1-13(2)8-20(30)26-19-10-16(5)27-29(19)22-17-11-25-28(21(17)23-12-24-22)18-7-6-14(3)9-15(18)4/h6-7,9-13H,8H2,1-5H3,(H,26,30). The molecule has 0 radical (unpaired) electrons. The molecule has 0 unspecified atom stereocenters. The molecule has 0 spiro atoms. The molecule has 4 rings (SSSR count). The number of hydrogen-bond donors (Lipinski definition) is 1. The van der Waals surface area contributed by atoms with E-state index in [0.717, 1.165) is 22.3 Å². The lowest BCUT2D eigenvalue weighted by Crippen LogP contribution is -2.17. The van der Waals surface area contributed by atoms with Gasteiger partial charge in [-0.2, -0.15) is 14.9 Å². The van der Waals surface area contributed by atoms with Crippen LogP contribution in [0, 0.1) is 26.7 Å². The third-order valence-corrected chi connectivity index (χ3v) is 4.82. The van der Waals surface area contributed by atoms with Crippen LogP contribution in [0.1, 0.15) is 37.1 Å². The van der Waals surface area contributed by atoms with Gasteiger partial charge in [-0.1, -0.05) is 31.5 Å². The van der Waals surface area contributed by atoms with Gasteiger partial charge in [-0.3, -0.25) is 4.79 Å². The summed E-state index contributed by atoms with van der Waals surface area (Å²) in [6, 6.07) is 8.04. The van der Waals surface area contributed by atoms with Gasteiger partial charge in [-0.15, -0.1) is 0 Å². The number of anilines is 1. The van der Waals surface area contributed by atoms with Gasteiger partial charge in [0, 0.05) is 12.5 Å². The highest BCUT2D eigenvalue weighted by atomic mass is 16.1. The highest BCUT2D eigenvalue weighted by Gasteiger charge is 2.18. The van der Waals surface area contributed by atoms with Crippen molar-refractivity contribution in [2.24, 2.45) is 5.92 Å². The van der Waals surface area contributed by atoms with Crippen molar-refractivity contribution >= 4 is 22.8 Å². The molecule has 3 heterocycles. The van der Waals surface area contributed by atoms with E-state index in [2.05, 4.69) is 51.5 Å². The Labute approximate surface area is 175 Å². The lowest BCUT2D eigenvalue weighted by molar-refractivity contribution is -0.116. The first-order valence-electron chi connectivity index (χ1n) is 9.96. The summed E-state index contributed by atoms with van der Waals surface area (Å²) in [7, 11) is 0. The van der Waals surface area contributed by atoms with E-state index < -0.39 is 0 Å². The fourth-order valence-electron chi connectivity index (χ4n) is 3.53. The number of carbonyl (C=O) groups is 1.